The van der Waals surface area contributed by atoms with E-state index in [1.165, 1.54) is 0 Å². The molecule has 106 valence electrons. The summed E-state index contributed by atoms with van der Waals surface area (Å²) in [6.45, 7) is 14.2. The van der Waals surface area contributed by atoms with Gasteiger partial charge in [0, 0.05) is 17.3 Å². The van der Waals surface area contributed by atoms with Gasteiger partial charge in [0.2, 0.25) is 0 Å². The molecule has 2 heteroatoms. The summed E-state index contributed by atoms with van der Waals surface area (Å²) in [6, 6.07) is 0. The maximum absolute atomic E-state index is 12.4. The number of rotatable bonds is 8. The van der Waals surface area contributed by atoms with E-state index in [9.17, 15) is 9.59 Å². The summed E-state index contributed by atoms with van der Waals surface area (Å²) in [5.74, 6) is 0.333. The van der Waals surface area contributed by atoms with Crippen LogP contribution in [0.2, 0.25) is 0 Å². The molecule has 0 aromatic rings. The van der Waals surface area contributed by atoms with Gasteiger partial charge in [-0.05, 0) is 24.7 Å². The number of hydrogen-bond donors (Lipinski definition) is 0. The molecule has 0 aliphatic heterocycles. The van der Waals surface area contributed by atoms with Crippen LogP contribution in [-0.4, -0.2) is 12.1 Å². The van der Waals surface area contributed by atoms with Crippen molar-refractivity contribution in [2.45, 2.75) is 74.1 Å². The van der Waals surface area contributed by atoms with E-state index in [1.807, 2.05) is 13.8 Å². The maximum atomic E-state index is 12.4. The van der Waals surface area contributed by atoms with Crippen molar-refractivity contribution in [2.75, 3.05) is 0 Å². The molecule has 0 heterocycles. The summed E-state index contributed by atoms with van der Waals surface area (Å²) < 4.78 is 0. The Morgan fingerprint density at radius 3 is 1.78 bits per heavy atom. The van der Waals surface area contributed by atoms with E-state index in [0.717, 1.165) is 25.5 Å². The Labute approximate surface area is 113 Å². The summed E-state index contributed by atoms with van der Waals surface area (Å²) in [5.41, 5.74) is -0.672. The van der Waals surface area contributed by atoms with Gasteiger partial charge in [-0.2, -0.15) is 0 Å². The molecule has 0 unspecified atom stereocenters. The van der Waals surface area contributed by atoms with Crippen LogP contribution in [0.1, 0.15) is 74.1 Å². The molecule has 0 amide bonds. The van der Waals surface area contributed by atoms with Gasteiger partial charge >= 0.3 is 0 Å². The lowest BCUT2D eigenvalue weighted by atomic mass is 9.69. The quantitative estimate of drug-likeness (QED) is 0.601. The Bertz CT molecular complexity index is 296. The van der Waals surface area contributed by atoms with E-state index >= 15 is 0 Å². The molecule has 0 radical (unpaired) electrons. The van der Waals surface area contributed by atoms with Crippen LogP contribution in [0.15, 0.2) is 0 Å². The average molecular weight is 254 g/mol. The second kappa shape index (κ2) is 5.99. The van der Waals surface area contributed by atoms with Crippen LogP contribution in [0, 0.1) is 16.2 Å². The molecule has 0 aromatic heterocycles. The lowest BCUT2D eigenvalue weighted by molar-refractivity contribution is -0.131. The Morgan fingerprint density at radius 1 is 1.00 bits per heavy atom. The summed E-state index contributed by atoms with van der Waals surface area (Å²) in [5, 5.41) is 0. The van der Waals surface area contributed by atoms with E-state index in [0.29, 0.717) is 12.2 Å². The second-order valence-electron chi connectivity index (χ2n) is 7.32. The van der Waals surface area contributed by atoms with Crippen LogP contribution in [0.3, 0.4) is 0 Å². The van der Waals surface area contributed by atoms with Crippen molar-refractivity contribution in [3.8, 4) is 0 Å². The Kier molecular flexibility index (Phi) is 5.77. The molecular weight excluding hydrogens is 224 g/mol. The van der Waals surface area contributed by atoms with Gasteiger partial charge in [-0.25, -0.2) is 0 Å². The van der Waals surface area contributed by atoms with Gasteiger partial charge < -0.3 is 4.79 Å². The number of ketones is 1. The third-order valence-corrected chi connectivity index (χ3v) is 4.13. The molecule has 0 fully saturated rings. The molecule has 0 rings (SSSR count). The average Bonchev–Trinajstić information content (AvgIpc) is 2.25. The first-order valence-electron chi connectivity index (χ1n) is 7.01. The lowest BCUT2D eigenvalue weighted by Crippen LogP contribution is -2.33. The smallest absolute Gasteiger partial charge is 0.139 e. The largest absolute Gasteiger partial charge is 0.303 e. The molecule has 18 heavy (non-hydrogen) atoms. The fourth-order valence-electron chi connectivity index (χ4n) is 2.63. The van der Waals surface area contributed by atoms with Crippen LogP contribution in [-0.2, 0) is 9.59 Å². The first kappa shape index (κ1) is 17.3. The van der Waals surface area contributed by atoms with Crippen molar-refractivity contribution in [3.63, 3.8) is 0 Å². The molecule has 0 spiro atoms. The minimum atomic E-state index is -0.349. The number of carbonyl (C=O) groups is 2. The van der Waals surface area contributed by atoms with Crippen molar-refractivity contribution in [1.82, 2.24) is 0 Å². The minimum absolute atomic E-state index is 0.118. The van der Waals surface area contributed by atoms with Gasteiger partial charge in [-0.1, -0.05) is 48.5 Å². The molecule has 0 atom stereocenters. The number of aldehydes is 1. The van der Waals surface area contributed by atoms with E-state index in [1.54, 1.807) is 0 Å². The topological polar surface area (TPSA) is 34.1 Å². The van der Waals surface area contributed by atoms with Crippen LogP contribution in [0.25, 0.3) is 0 Å². The number of hydrogen-bond acceptors (Lipinski definition) is 2. The highest BCUT2D eigenvalue weighted by molar-refractivity contribution is 5.84. The van der Waals surface area contributed by atoms with E-state index in [2.05, 4.69) is 34.6 Å². The highest BCUT2D eigenvalue weighted by Gasteiger charge is 2.36. The second-order valence-corrected chi connectivity index (χ2v) is 7.32. The van der Waals surface area contributed by atoms with E-state index in [-0.39, 0.29) is 16.2 Å². The summed E-state index contributed by atoms with van der Waals surface area (Å²) in [4.78, 5) is 23.4. The molecule has 0 bridgehead atoms. The normalized spacial score (nSPS) is 13.5. The predicted molar refractivity (Wildman–Crippen MR) is 76.6 cm³/mol. The zero-order valence-electron chi connectivity index (χ0n) is 13.2. The van der Waals surface area contributed by atoms with Crippen molar-refractivity contribution in [2.24, 2.45) is 16.2 Å². The van der Waals surface area contributed by atoms with Crippen LogP contribution >= 0.6 is 0 Å². The number of Topliss-reactive ketones (excluding diaryl/α,β-unsaturated/α-hetero) is 1. The van der Waals surface area contributed by atoms with Crippen LogP contribution in [0.5, 0.6) is 0 Å². The summed E-state index contributed by atoms with van der Waals surface area (Å²) in [6.07, 6.45) is 4.07. The third-order valence-electron chi connectivity index (χ3n) is 4.13. The van der Waals surface area contributed by atoms with Gasteiger partial charge in [0.1, 0.15) is 12.1 Å². The van der Waals surface area contributed by atoms with Crippen molar-refractivity contribution < 1.29 is 9.59 Å². The fraction of sp³-hybridized carbons (Fsp3) is 0.875. The fourth-order valence-corrected chi connectivity index (χ4v) is 2.63. The molecule has 0 aromatic carbocycles. The monoisotopic (exact) mass is 254 g/mol. The molecular formula is C16H30O2. The van der Waals surface area contributed by atoms with Crippen molar-refractivity contribution in [3.05, 3.63) is 0 Å². The van der Waals surface area contributed by atoms with E-state index in [4.69, 9.17) is 0 Å². The molecule has 0 aliphatic carbocycles. The van der Waals surface area contributed by atoms with Crippen molar-refractivity contribution >= 4 is 12.1 Å². The van der Waals surface area contributed by atoms with Crippen molar-refractivity contribution in [1.29, 1.82) is 0 Å². The highest BCUT2D eigenvalue weighted by Crippen LogP contribution is 2.39. The summed E-state index contributed by atoms with van der Waals surface area (Å²) >= 11 is 0. The lowest BCUT2D eigenvalue weighted by Gasteiger charge is -2.34. The predicted octanol–water partition coefficient (Wildman–Crippen LogP) is 4.41. The van der Waals surface area contributed by atoms with Crippen LogP contribution in [0.4, 0.5) is 0 Å². The Balaban J connectivity index is 4.78. The first-order valence-corrected chi connectivity index (χ1v) is 7.01. The molecule has 2 nitrogen and oxygen atoms in total. The summed E-state index contributed by atoms with van der Waals surface area (Å²) in [7, 11) is 0. The van der Waals surface area contributed by atoms with Gasteiger partial charge in [-0.15, -0.1) is 0 Å². The Morgan fingerprint density at radius 2 is 1.44 bits per heavy atom. The maximum Gasteiger partial charge on any atom is 0.139 e. The zero-order valence-corrected chi connectivity index (χ0v) is 13.2. The van der Waals surface area contributed by atoms with Gasteiger partial charge in [0.15, 0.2) is 0 Å². The molecule has 0 saturated heterocycles. The SMILES string of the molecule is CCC(C)(CC)C(=O)CC(C)(C)CC(C)(C)C=O. The molecule has 0 saturated carbocycles. The first-order chi connectivity index (χ1) is 8.02. The van der Waals surface area contributed by atoms with Crippen LogP contribution < -0.4 is 0 Å². The van der Waals surface area contributed by atoms with Gasteiger partial charge in [0.25, 0.3) is 0 Å². The minimum Gasteiger partial charge on any atom is -0.303 e. The van der Waals surface area contributed by atoms with Gasteiger partial charge in [0.05, 0.1) is 0 Å². The van der Waals surface area contributed by atoms with Gasteiger partial charge in [-0.3, -0.25) is 4.79 Å². The Hall–Kier alpha value is -0.660. The standard InChI is InChI=1S/C16H30O2/c1-8-16(7,9-2)13(18)10-14(3,4)11-15(5,6)12-17/h12H,8-11H2,1-7H3. The van der Waals surface area contributed by atoms with E-state index < -0.39 is 0 Å². The number of carbonyl (C=O) groups excluding carboxylic acids is 2. The zero-order chi connectivity index (χ0) is 14.6. The molecule has 0 N–H and O–H groups in total. The third kappa shape index (κ3) is 4.91. The highest BCUT2D eigenvalue weighted by atomic mass is 16.1. The molecule has 0 aliphatic rings.